The Bertz CT molecular complexity index is 840. The summed E-state index contributed by atoms with van der Waals surface area (Å²) in [5.41, 5.74) is 0.803. The Morgan fingerprint density at radius 1 is 1.25 bits per heavy atom. The minimum absolute atomic E-state index is 0.211. The number of benzene rings is 2. The number of rotatable bonds is 5. The number of hydrogen-bond acceptors (Lipinski definition) is 2. The second-order valence-electron chi connectivity index (χ2n) is 5.85. The molecule has 1 heterocycles. The highest BCUT2D eigenvalue weighted by Gasteiger charge is 2.09. The van der Waals surface area contributed by atoms with Crippen molar-refractivity contribution in [2.24, 2.45) is 5.92 Å². The molecule has 2 N–H and O–H groups in total. The van der Waals surface area contributed by atoms with Gasteiger partial charge >= 0.3 is 6.03 Å². The van der Waals surface area contributed by atoms with Crippen LogP contribution in [0.15, 0.2) is 54.9 Å². The van der Waals surface area contributed by atoms with E-state index in [0.29, 0.717) is 18.1 Å². The van der Waals surface area contributed by atoms with Crippen molar-refractivity contribution in [2.45, 2.75) is 13.5 Å². The lowest BCUT2D eigenvalue weighted by Gasteiger charge is -2.14. The van der Waals surface area contributed by atoms with Gasteiger partial charge in [-0.25, -0.2) is 4.79 Å². The average molecular weight is 343 g/mol. The molecule has 1 atom stereocenters. The zero-order chi connectivity index (χ0) is 16.9. The van der Waals surface area contributed by atoms with Gasteiger partial charge in [0.15, 0.2) is 0 Å². The van der Waals surface area contributed by atoms with Gasteiger partial charge in [0.1, 0.15) is 0 Å². The van der Waals surface area contributed by atoms with Gasteiger partial charge in [-0.15, -0.1) is 0 Å². The van der Waals surface area contributed by atoms with Gasteiger partial charge in [0.05, 0.1) is 16.9 Å². The molecule has 6 heteroatoms. The number of nitrogens with zero attached hydrogens (tertiary/aromatic N) is 2. The maximum absolute atomic E-state index is 12.2. The third-order valence-corrected chi connectivity index (χ3v) is 3.94. The third-order valence-electron chi connectivity index (χ3n) is 3.75. The SMILES string of the molecule is C[C@@H](CNC(=O)Nc1cccc2ccccc12)Cn1cc(Cl)cn1. The number of hydrogen-bond donors (Lipinski definition) is 2. The van der Waals surface area contributed by atoms with E-state index in [4.69, 9.17) is 11.6 Å². The molecule has 0 aliphatic rings. The van der Waals surface area contributed by atoms with E-state index >= 15 is 0 Å². The molecular weight excluding hydrogens is 324 g/mol. The molecule has 2 aromatic carbocycles. The quantitative estimate of drug-likeness (QED) is 0.731. The number of fused-ring (bicyclic) bond motifs is 1. The minimum atomic E-state index is -0.211. The summed E-state index contributed by atoms with van der Waals surface area (Å²) in [7, 11) is 0. The number of aromatic nitrogens is 2. The molecule has 0 saturated carbocycles. The first-order valence-corrected chi connectivity index (χ1v) is 8.20. The molecule has 3 aromatic rings. The molecule has 0 radical (unpaired) electrons. The molecule has 0 aliphatic carbocycles. The van der Waals surface area contributed by atoms with Crippen LogP contribution in [0, 0.1) is 5.92 Å². The maximum atomic E-state index is 12.2. The van der Waals surface area contributed by atoms with E-state index in [-0.39, 0.29) is 11.9 Å². The molecule has 2 amide bonds. The molecule has 5 nitrogen and oxygen atoms in total. The van der Waals surface area contributed by atoms with Crippen LogP contribution in [0.3, 0.4) is 0 Å². The molecule has 0 aliphatic heterocycles. The van der Waals surface area contributed by atoms with Crippen LogP contribution in [-0.4, -0.2) is 22.4 Å². The van der Waals surface area contributed by atoms with Crippen LogP contribution in [0.2, 0.25) is 5.02 Å². The van der Waals surface area contributed by atoms with Crippen molar-refractivity contribution in [3.63, 3.8) is 0 Å². The van der Waals surface area contributed by atoms with Gasteiger partial charge in [-0.05, 0) is 17.4 Å². The largest absolute Gasteiger partial charge is 0.338 e. The van der Waals surface area contributed by atoms with E-state index in [1.165, 1.54) is 0 Å². The van der Waals surface area contributed by atoms with Gasteiger partial charge in [-0.3, -0.25) is 4.68 Å². The minimum Gasteiger partial charge on any atom is -0.338 e. The van der Waals surface area contributed by atoms with E-state index in [2.05, 4.69) is 15.7 Å². The predicted molar refractivity (Wildman–Crippen MR) is 97.4 cm³/mol. The Balaban J connectivity index is 1.55. The third kappa shape index (κ3) is 4.06. The van der Waals surface area contributed by atoms with Crippen molar-refractivity contribution in [1.82, 2.24) is 15.1 Å². The molecule has 24 heavy (non-hydrogen) atoms. The molecule has 1 aromatic heterocycles. The van der Waals surface area contributed by atoms with Gasteiger partial charge in [-0.1, -0.05) is 54.9 Å². The zero-order valence-electron chi connectivity index (χ0n) is 13.4. The summed E-state index contributed by atoms with van der Waals surface area (Å²) in [5.74, 6) is 0.235. The highest BCUT2D eigenvalue weighted by atomic mass is 35.5. The first-order valence-electron chi connectivity index (χ1n) is 7.82. The summed E-state index contributed by atoms with van der Waals surface area (Å²) >= 11 is 5.85. The summed E-state index contributed by atoms with van der Waals surface area (Å²) in [5, 5.41) is 12.7. The topological polar surface area (TPSA) is 59.0 Å². The van der Waals surface area contributed by atoms with Crippen molar-refractivity contribution < 1.29 is 4.79 Å². The summed E-state index contributed by atoms with van der Waals surface area (Å²) in [4.78, 5) is 12.2. The smallest absolute Gasteiger partial charge is 0.319 e. The van der Waals surface area contributed by atoms with E-state index in [0.717, 1.165) is 16.5 Å². The maximum Gasteiger partial charge on any atom is 0.319 e. The molecule has 0 fully saturated rings. The second kappa shape index (κ2) is 7.36. The number of carbonyl (C=O) groups excluding carboxylic acids is 1. The van der Waals surface area contributed by atoms with Gasteiger partial charge in [0.2, 0.25) is 0 Å². The van der Waals surface area contributed by atoms with E-state index in [1.807, 2.05) is 49.4 Å². The molecule has 0 saturated heterocycles. The summed E-state index contributed by atoms with van der Waals surface area (Å²) in [6.07, 6.45) is 3.38. The lowest BCUT2D eigenvalue weighted by molar-refractivity contribution is 0.249. The van der Waals surface area contributed by atoms with Crippen LogP contribution < -0.4 is 10.6 Å². The Morgan fingerprint density at radius 3 is 2.83 bits per heavy atom. The summed E-state index contributed by atoms with van der Waals surface area (Å²) in [6.45, 7) is 3.29. The fourth-order valence-electron chi connectivity index (χ4n) is 2.59. The zero-order valence-corrected chi connectivity index (χ0v) is 14.1. The van der Waals surface area contributed by atoms with Gasteiger partial charge in [0.25, 0.3) is 0 Å². The van der Waals surface area contributed by atoms with Crippen molar-refractivity contribution in [2.75, 3.05) is 11.9 Å². The van der Waals surface area contributed by atoms with Gasteiger partial charge < -0.3 is 10.6 Å². The van der Waals surface area contributed by atoms with Gasteiger partial charge in [-0.2, -0.15) is 5.10 Å². The van der Waals surface area contributed by atoms with Crippen LogP contribution in [-0.2, 0) is 6.54 Å². The Kier molecular flexibility index (Phi) is 5.01. The molecular formula is C18H19ClN4O. The number of amides is 2. The fourth-order valence-corrected chi connectivity index (χ4v) is 2.75. The van der Waals surface area contributed by atoms with E-state index < -0.39 is 0 Å². The first kappa shape index (κ1) is 16.3. The van der Waals surface area contributed by atoms with Crippen LogP contribution in [0.1, 0.15) is 6.92 Å². The Labute approximate surface area is 145 Å². The molecule has 0 spiro atoms. The number of anilines is 1. The van der Waals surface area contributed by atoms with E-state index in [1.54, 1.807) is 17.1 Å². The number of halogens is 1. The Hall–Kier alpha value is -2.53. The van der Waals surface area contributed by atoms with Crippen LogP contribution >= 0.6 is 11.6 Å². The molecule has 3 rings (SSSR count). The lowest BCUT2D eigenvalue weighted by Crippen LogP contribution is -2.33. The normalized spacial score (nSPS) is 12.1. The van der Waals surface area contributed by atoms with Crippen LogP contribution in [0.4, 0.5) is 10.5 Å². The van der Waals surface area contributed by atoms with Gasteiger partial charge in [0, 0.05) is 24.7 Å². The highest BCUT2D eigenvalue weighted by molar-refractivity contribution is 6.30. The van der Waals surface area contributed by atoms with Crippen LogP contribution in [0.5, 0.6) is 0 Å². The number of urea groups is 1. The predicted octanol–water partition coefficient (Wildman–Crippen LogP) is 4.15. The van der Waals surface area contributed by atoms with Crippen molar-refractivity contribution in [3.8, 4) is 0 Å². The number of carbonyl (C=O) groups is 1. The second-order valence-corrected chi connectivity index (χ2v) is 6.28. The van der Waals surface area contributed by atoms with E-state index in [9.17, 15) is 4.79 Å². The monoisotopic (exact) mass is 342 g/mol. The Morgan fingerprint density at radius 2 is 2.04 bits per heavy atom. The number of nitrogens with one attached hydrogen (secondary N) is 2. The standard InChI is InChI=1S/C18H19ClN4O/c1-13(11-23-12-15(19)10-21-23)9-20-18(24)22-17-8-4-6-14-5-2-3-7-16(14)17/h2-8,10,12-13H,9,11H2,1H3,(H2,20,22,24)/t13-/m0/s1. The summed E-state index contributed by atoms with van der Waals surface area (Å²) in [6, 6.07) is 13.6. The van der Waals surface area contributed by atoms with Crippen molar-refractivity contribution in [3.05, 3.63) is 59.9 Å². The average Bonchev–Trinajstić information content (AvgIpc) is 2.98. The lowest BCUT2D eigenvalue weighted by atomic mass is 10.1. The van der Waals surface area contributed by atoms with Crippen LogP contribution in [0.25, 0.3) is 10.8 Å². The highest BCUT2D eigenvalue weighted by Crippen LogP contribution is 2.22. The summed E-state index contributed by atoms with van der Waals surface area (Å²) < 4.78 is 1.78. The fraction of sp³-hybridized carbons (Fsp3) is 0.222. The molecule has 0 unspecified atom stereocenters. The molecule has 0 bridgehead atoms. The van der Waals surface area contributed by atoms with Crippen molar-refractivity contribution >= 4 is 34.1 Å². The molecule has 124 valence electrons. The van der Waals surface area contributed by atoms with Crippen molar-refractivity contribution in [1.29, 1.82) is 0 Å². The first-order chi connectivity index (χ1) is 11.6.